The maximum Gasteiger partial charge on any atom is 0.135 e. The van der Waals surface area contributed by atoms with Crippen molar-refractivity contribution in [3.63, 3.8) is 0 Å². The highest BCUT2D eigenvalue weighted by Gasteiger charge is 2.51. The van der Waals surface area contributed by atoms with E-state index in [2.05, 4.69) is 103 Å². The molecule has 1 nitrogen and oxygen atoms in total. The van der Waals surface area contributed by atoms with Crippen molar-refractivity contribution in [2.75, 3.05) is 0 Å². The molecule has 5 aromatic carbocycles. The lowest BCUT2D eigenvalue weighted by molar-refractivity contribution is 0.666. The van der Waals surface area contributed by atoms with Gasteiger partial charge in [-0.25, -0.2) is 0 Å². The Morgan fingerprint density at radius 3 is 1.59 bits per heavy atom. The Kier molecular flexibility index (Phi) is 2.89. The molecule has 2 aliphatic rings. The van der Waals surface area contributed by atoms with E-state index in [0.717, 1.165) is 11.2 Å². The molecule has 0 saturated heterocycles. The summed E-state index contributed by atoms with van der Waals surface area (Å²) in [5, 5.41) is 2.36. The van der Waals surface area contributed by atoms with Crippen molar-refractivity contribution in [2.24, 2.45) is 0 Å². The fraction of sp³-hybridized carbons (Fsp3) is 0.0323. The molecule has 0 radical (unpaired) electrons. The van der Waals surface area contributed by atoms with Gasteiger partial charge in [-0.05, 0) is 62.7 Å². The van der Waals surface area contributed by atoms with E-state index in [1.54, 1.807) is 0 Å². The first-order chi connectivity index (χ1) is 15.9. The first-order valence-electron chi connectivity index (χ1n) is 11.1. The molecule has 0 aliphatic heterocycles. The van der Waals surface area contributed by atoms with Crippen molar-refractivity contribution in [1.82, 2.24) is 0 Å². The van der Waals surface area contributed by atoms with Gasteiger partial charge in [0.25, 0.3) is 0 Å². The Labute approximate surface area is 185 Å². The van der Waals surface area contributed by atoms with E-state index in [0.29, 0.717) is 0 Å². The van der Waals surface area contributed by atoms with E-state index in [4.69, 9.17) is 4.42 Å². The zero-order valence-electron chi connectivity index (χ0n) is 17.3. The van der Waals surface area contributed by atoms with Gasteiger partial charge in [-0.3, -0.25) is 0 Å². The molecule has 32 heavy (non-hydrogen) atoms. The highest BCUT2D eigenvalue weighted by atomic mass is 16.3. The molecule has 0 saturated carbocycles. The van der Waals surface area contributed by atoms with Gasteiger partial charge in [0.05, 0.1) is 5.41 Å². The molecule has 0 amide bonds. The standard InChI is InChI=1S/C31H18O/c1-5-13-25-19(9-1)20-10-2-6-14-26(20)31(25)27-15-7-3-11-21(27)23-17-24-22-12-4-8-16-29(22)32-30(24)18-28(23)31/h1-18H. The molecular formula is C31H18O. The molecule has 148 valence electrons. The predicted octanol–water partition coefficient (Wildman–Crippen LogP) is 7.93. The Morgan fingerprint density at radius 2 is 0.938 bits per heavy atom. The number of hydrogen-bond acceptors (Lipinski definition) is 1. The van der Waals surface area contributed by atoms with Gasteiger partial charge < -0.3 is 4.42 Å². The summed E-state index contributed by atoms with van der Waals surface area (Å²) in [6, 6.07) is 39.7. The molecule has 0 atom stereocenters. The van der Waals surface area contributed by atoms with Crippen molar-refractivity contribution in [2.45, 2.75) is 5.41 Å². The summed E-state index contributed by atoms with van der Waals surface area (Å²) in [4.78, 5) is 0. The molecule has 8 rings (SSSR count). The first kappa shape index (κ1) is 16.6. The van der Waals surface area contributed by atoms with Crippen LogP contribution in [0.4, 0.5) is 0 Å². The third kappa shape index (κ3) is 1.75. The van der Waals surface area contributed by atoms with Crippen molar-refractivity contribution < 1.29 is 4.42 Å². The molecule has 1 spiro atoms. The first-order valence-corrected chi connectivity index (χ1v) is 11.1. The summed E-state index contributed by atoms with van der Waals surface area (Å²) in [7, 11) is 0. The van der Waals surface area contributed by atoms with Crippen LogP contribution in [-0.4, -0.2) is 0 Å². The smallest absolute Gasteiger partial charge is 0.135 e. The van der Waals surface area contributed by atoms with Crippen LogP contribution in [-0.2, 0) is 5.41 Å². The SMILES string of the molecule is c1ccc2c(c1)-c1ccccc1C21c2ccccc2-c2cc3c(cc21)oc1ccccc13. The van der Waals surface area contributed by atoms with Gasteiger partial charge in [0.15, 0.2) is 0 Å². The van der Waals surface area contributed by atoms with Crippen LogP contribution in [0.3, 0.4) is 0 Å². The van der Waals surface area contributed by atoms with Gasteiger partial charge in [0.1, 0.15) is 11.2 Å². The normalized spacial score (nSPS) is 14.5. The quantitative estimate of drug-likeness (QED) is 0.249. The Hall–Kier alpha value is -4.10. The van der Waals surface area contributed by atoms with Crippen molar-refractivity contribution >= 4 is 21.9 Å². The highest BCUT2D eigenvalue weighted by Crippen LogP contribution is 2.63. The number of hydrogen-bond donors (Lipinski definition) is 0. The predicted molar refractivity (Wildman–Crippen MR) is 130 cm³/mol. The van der Waals surface area contributed by atoms with Crippen LogP contribution < -0.4 is 0 Å². The summed E-state index contributed by atoms with van der Waals surface area (Å²) < 4.78 is 6.36. The van der Waals surface area contributed by atoms with E-state index in [-0.39, 0.29) is 5.41 Å². The van der Waals surface area contributed by atoms with Crippen LogP contribution in [0.2, 0.25) is 0 Å². The molecule has 6 aromatic rings. The third-order valence-electron chi connectivity index (χ3n) is 7.49. The average Bonchev–Trinajstić information content (AvgIpc) is 3.46. The number of para-hydroxylation sites is 1. The van der Waals surface area contributed by atoms with Crippen LogP contribution in [0, 0.1) is 0 Å². The second-order valence-electron chi connectivity index (χ2n) is 8.88. The van der Waals surface area contributed by atoms with Crippen molar-refractivity contribution in [3.8, 4) is 22.3 Å². The van der Waals surface area contributed by atoms with Gasteiger partial charge in [-0.1, -0.05) is 91.0 Å². The van der Waals surface area contributed by atoms with Crippen LogP contribution in [0.15, 0.2) is 114 Å². The summed E-state index contributed by atoms with van der Waals surface area (Å²) in [6.07, 6.45) is 0. The van der Waals surface area contributed by atoms with Gasteiger partial charge in [-0.2, -0.15) is 0 Å². The second kappa shape index (κ2) is 5.57. The molecular weight excluding hydrogens is 388 g/mol. The van der Waals surface area contributed by atoms with Crippen molar-refractivity contribution in [1.29, 1.82) is 0 Å². The van der Waals surface area contributed by atoms with Gasteiger partial charge in [0, 0.05) is 10.8 Å². The van der Waals surface area contributed by atoms with Gasteiger partial charge >= 0.3 is 0 Å². The van der Waals surface area contributed by atoms with Gasteiger partial charge in [0.2, 0.25) is 0 Å². The summed E-state index contributed by atoms with van der Waals surface area (Å²) in [5.74, 6) is 0. The van der Waals surface area contributed by atoms with Crippen LogP contribution in [0.1, 0.15) is 22.3 Å². The second-order valence-corrected chi connectivity index (χ2v) is 8.88. The summed E-state index contributed by atoms with van der Waals surface area (Å²) in [5.41, 5.74) is 12.3. The lowest BCUT2D eigenvalue weighted by Gasteiger charge is -2.30. The Bertz CT molecular complexity index is 1690. The Morgan fingerprint density at radius 1 is 0.406 bits per heavy atom. The summed E-state index contributed by atoms with van der Waals surface area (Å²) >= 11 is 0. The minimum Gasteiger partial charge on any atom is -0.456 e. The molecule has 1 heteroatoms. The van der Waals surface area contributed by atoms with Crippen LogP contribution in [0.5, 0.6) is 0 Å². The molecule has 0 N–H and O–H groups in total. The minimum absolute atomic E-state index is 0.313. The zero-order valence-corrected chi connectivity index (χ0v) is 17.3. The molecule has 1 heterocycles. The highest BCUT2D eigenvalue weighted by molar-refractivity contribution is 6.09. The van der Waals surface area contributed by atoms with Crippen molar-refractivity contribution in [3.05, 3.63) is 131 Å². The molecule has 0 bridgehead atoms. The topological polar surface area (TPSA) is 13.1 Å². The number of rotatable bonds is 0. The number of benzene rings is 5. The average molecular weight is 406 g/mol. The monoisotopic (exact) mass is 406 g/mol. The van der Waals surface area contributed by atoms with Crippen LogP contribution >= 0.6 is 0 Å². The largest absolute Gasteiger partial charge is 0.456 e. The maximum atomic E-state index is 6.36. The zero-order chi connectivity index (χ0) is 20.9. The fourth-order valence-corrected chi connectivity index (χ4v) is 6.31. The lowest BCUT2D eigenvalue weighted by atomic mass is 9.70. The lowest BCUT2D eigenvalue weighted by Crippen LogP contribution is -2.25. The van der Waals surface area contributed by atoms with E-state index >= 15 is 0 Å². The van der Waals surface area contributed by atoms with Gasteiger partial charge in [-0.15, -0.1) is 0 Å². The number of furan rings is 1. The molecule has 0 unspecified atom stereocenters. The maximum absolute atomic E-state index is 6.36. The Balaban J connectivity index is 1.61. The molecule has 2 aliphatic carbocycles. The van der Waals surface area contributed by atoms with E-state index in [9.17, 15) is 0 Å². The fourth-order valence-electron chi connectivity index (χ4n) is 6.31. The molecule has 1 aromatic heterocycles. The number of fused-ring (bicyclic) bond motifs is 13. The van der Waals surface area contributed by atoms with E-state index in [1.165, 1.54) is 55.3 Å². The van der Waals surface area contributed by atoms with E-state index < -0.39 is 0 Å². The van der Waals surface area contributed by atoms with E-state index in [1.807, 2.05) is 6.07 Å². The molecule has 0 fully saturated rings. The minimum atomic E-state index is -0.313. The third-order valence-corrected chi connectivity index (χ3v) is 7.49. The summed E-state index contributed by atoms with van der Waals surface area (Å²) in [6.45, 7) is 0. The van der Waals surface area contributed by atoms with Crippen LogP contribution in [0.25, 0.3) is 44.2 Å².